The first-order valence-electron chi connectivity index (χ1n) is 4.93. The molecule has 2 aromatic carbocycles. The molecule has 0 saturated heterocycles. The predicted molar refractivity (Wildman–Crippen MR) is 67.3 cm³/mol. The van der Waals surface area contributed by atoms with Crippen LogP contribution in [0.3, 0.4) is 0 Å². The summed E-state index contributed by atoms with van der Waals surface area (Å²) < 4.78 is 19.4. The molecule has 18 heavy (non-hydrogen) atoms. The lowest BCUT2D eigenvalue weighted by Crippen LogP contribution is -1.90. The van der Waals surface area contributed by atoms with Crippen LogP contribution in [-0.2, 0) is 0 Å². The van der Waals surface area contributed by atoms with Gasteiger partial charge >= 0.3 is 0 Å². The minimum atomic E-state index is -0.510. The smallest absolute Gasteiger partial charge is 0.269 e. The maximum Gasteiger partial charge on any atom is 0.269 e. The maximum atomic E-state index is 13.4. The van der Waals surface area contributed by atoms with Crippen LogP contribution in [0.25, 0.3) is 0 Å². The topological polar surface area (TPSA) is 52.4 Å². The zero-order chi connectivity index (χ0) is 13.1. The average molecular weight is 312 g/mol. The number of nitro benzene ring substituents is 1. The lowest BCUT2D eigenvalue weighted by molar-refractivity contribution is -0.384. The lowest BCUT2D eigenvalue weighted by atomic mass is 10.3. The predicted octanol–water partition coefficient (Wildman–Crippen LogP) is 4.29. The van der Waals surface area contributed by atoms with Gasteiger partial charge in [0.15, 0.2) is 11.6 Å². The molecule has 0 aliphatic rings. The van der Waals surface area contributed by atoms with Crippen molar-refractivity contribution in [2.75, 3.05) is 0 Å². The zero-order valence-corrected chi connectivity index (χ0v) is 10.6. The Hall–Kier alpha value is -1.95. The van der Waals surface area contributed by atoms with Crippen LogP contribution < -0.4 is 4.74 Å². The third-order valence-corrected chi connectivity index (χ3v) is 2.66. The largest absolute Gasteiger partial charge is 0.454 e. The summed E-state index contributed by atoms with van der Waals surface area (Å²) in [7, 11) is 0. The minimum absolute atomic E-state index is 0.0444. The maximum absolute atomic E-state index is 13.4. The normalized spacial score (nSPS) is 10.1. The van der Waals surface area contributed by atoms with Crippen LogP contribution in [0.1, 0.15) is 0 Å². The van der Waals surface area contributed by atoms with Gasteiger partial charge in [-0.05, 0) is 30.3 Å². The van der Waals surface area contributed by atoms with Crippen molar-refractivity contribution < 1.29 is 14.1 Å². The van der Waals surface area contributed by atoms with E-state index in [-0.39, 0.29) is 11.4 Å². The monoisotopic (exact) mass is 311 g/mol. The van der Waals surface area contributed by atoms with Crippen molar-refractivity contribution in [1.82, 2.24) is 0 Å². The second-order valence-corrected chi connectivity index (χ2v) is 4.34. The third-order valence-electron chi connectivity index (χ3n) is 2.17. The Balaban J connectivity index is 2.23. The molecule has 0 heterocycles. The molecule has 6 heteroatoms. The average Bonchev–Trinajstić information content (AvgIpc) is 2.34. The Morgan fingerprint density at radius 2 is 1.83 bits per heavy atom. The number of hydrogen-bond donors (Lipinski definition) is 0. The van der Waals surface area contributed by atoms with E-state index >= 15 is 0 Å². The summed E-state index contributed by atoms with van der Waals surface area (Å²) in [4.78, 5) is 9.96. The Kier molecular flexibility index (Phi) is 3.57. The lowest BCUT2D eigenvalue weighted by Gasteiger charge is -2.06. The molecule has 0 spiro atoms. The first-order valence-corrected chi connectivity index (χ1v) is 5.73. The molecule has 0 amide bonds. The fraction of sp³-hybridized carbons (Fsp3) is 0. The van der Waals surface area contributed by atoms with Crippen molar-refractivity contribution in [2.45, 2.75) is 0 Å². The van der Waals surface area contributed by atoms with Gasteiger partial charge in [0.05, 0.1) is 4.92 Å². The molecule has 0 fully saturated rings. The van der Waals surface area contributed by atoms with Gasteiger partial charge in [-0.15, -0.1) is 0 Å². The summed E-state index contributed by atoms with van der Waals surface area (Å²) in [5.41, 5.74) is -0.0444. The molecular formula is C12H7BrFNO3. The molecule has 0 atom stereocenters. The van der Waals surface area contributed by atoms with E-state index in [2.05, 4.69) is 15.9 Å². The molecule has 0 aromatic heterocycles. The second-order valence-electron chi connectivity index (χ2n) is 3.43. The number of halogens is 2. The van der Waals surface area contributed by atoms with E-state index in [1.54, 1.807) is 6.07 Å². The van der Waals surface area contributed by atoms with Crippen molar-refractivity contribution in [2.24, 2.45) is 0 Å². The second kappa shape index (κ2) is 5.14. The molecule has 0 radical (unpaired) electrons. The SMILES string of the molecule is O=[N+]([O-])c1ccc(Oc2cc(Br)ccc2F)cc1. The van der Waals surface area contributed by atoms with E-state index in [0.29, 0.717) is 10.2 Å². The van der Waals surface area contributed by atoms with Crippen molar-refractivity contribution >= 4 is 21.6 Å². The summed E-state index contributed by atoms with van der Waals surface area (Å²) in [5, 5.41) is 10.5. The molecule has 0 aliphatic carbocycles. The first-order chi connectivity index (χ1) is 8.56. The Labute approximate surface area is 110 Å². The van der Waals surface area contributed by atoms with Gasteiger partial charge in [-0.3, -0.25) is 10.1 Å². The molecule has 0 bridgehead atoms. The van der Waals surface area contributed by atoms with Crippen LogP contribution in [0.2, 0.25) is 0 Å². The third kappa shape index (κ3) is 2.84. The summed E-state index contributed by atoms with van der Waals surface area (Å²) >= 11 is 3.20. The van der Waals surface area contributed by atoms with Crippen LogP contribution in [0.5, 0.6) is 11.5 Å². The first kappa shape index (κ1) is 12.5. The van der Waals surface area contributed by atoms with E-state index in [4.69, 9.17) is 4.74 Å². The molecule has 0 saturated carbocycles. The van der Waals surface area contributed by atoms with Crippen molar-refractivity contribution in [1.29, 1.82) is 0 Å². The summed E-state index contributed by atoms with van der Waals surface area (Å²) in [6.45, 7) is 0. The molecular weight excluding hydrogens is 305 g/mol. The molecule has 2 aromatic rings. The molecule has 0 aliphatic heterocycles. The van der Waals surface area contributed by atoms with Gasteiger partial charge in [-0.1, -0.05) is 15.9 Å². The van der Waals surface area contributed by atoms with E-state index < -0.39 is 10.7 Å². The fourth-order valence-corrected chi connectivity index (χ4v) is 1.66. The van der Waals surface area contributed by atoms with Crippen LogP contribution in [-0.4, -0.2) is 4.92 Å². The van der Waals surface area contributed by atoms with Crippen LogP contribution in [0.15, 0.2) is 46.9 Å². The van der Waals surface area contributed by atoms with Crippen molar-refractivity contribution in [3.8, 4) is 11.5 Å². The molecule has 92 valence electrons. The molecule has 4 nitrogen and oxygen atoms in total. The Bertz CT molecular complexity index is 586. The highest BCUT2D eigenvalue weighted by molar-refractivity contribution is 9.10. The van der Waals surface area contributed by atoms with E-state index in [1.165, 1.54) is 36.4 Å². The van der Waals surface area contributed by atoms with Gasteiger partial charge in [-0.2, -0.15) is 0 Å². The van der Waals surface area contributed by atoms with Gasteiger partial charge in [0.25, 0.3) is 5.69 Å². The van der Waals surface area contributed by atoms with Gasteiger partial charge in [-0.25, -0.2) is 4.39 Å². The number of ether oxygens (including phenoxy) is 1. The van der Waals surface area contributed by atoms with Crippen LogP contribution >= 0.6 is 15.9 Å². The van der Waals surface area contributed by atoms with Crippen molar-refractivity contribution in [3.63, 3.8) is 0 Å². The highest BCUT2D eigenvalue weighted by atomic mass is 79.9. The molecule has 0 unspecified atom stereocenters. The van der Waals surface area contributed by atoms with Gasteiger partial charge in [0.1, 0.15) is 5.75 Å². The highest BCUT2D eigenvalue weighted by Gasteiger charge is 2.08. The van der Waals surface area contributed by atoms with Crippen LogP contribution in [0, 0.1) is 15.9 Å². The van der Waals surface area contributed by atoms with E-state index in [9.17, 15) is 14.5 Å². The Morgan fingerprint density at radius 1 is 1.17 bits per heavy atom. The highest BCUT2D eigenvalue weighted by Crippen LogP contribution is 2.28. The number of non-ortho nitro benzene ring substituents is 1. The minimum Gasteiger partial charge on any atom is -0.454 e. The Morgan fingerprint density at radius 3 is 2.44 bits per heavy atom. The van der Waals surface area contributed by atoms with E-state index in [0.717, 1.165) is 0 Å². The number of rotatable bonds is 3. The van der Waals surface area contributed by atoms with Crippen LogP contribution in [0.4, 0.5) is 10.1 Å². The quantitative estimate of drug-likeness (QED) is 0.627. The van der Waals surface area contributed by atoms with Gasteiger partial charge in [0, 0.05) is 16.6 Å². The molecule has 2 rings (SSSR count). The summed E-state index contributed by atoms with van der Waals surface area (Å²) in [6, 6.07) is 9.73. The summed E-state index contributed by atoms with van der Waals surface area (Å²) in [6.07, 6.45) is 0. The summed E-state index contributed by atoms with van der Waals surface area (Å²) in [5.74, 6) is -0.118. The number of benzene rings is 2. The zero-order valence-electron chi connectivity index (χ0n) is 8.97. The van der Waals surface area contributed by atoms with Crippen molar-refractivity contribution in [3.05, 3.63) is 62.9 Å². The number of hydrogen-bond acceptors (Lipinski definition) is 3. The number of nitrogens with zero attached hydrogens (tertiary/aromatic N) is 1. The van der Waals surface area contributed by atoms with Gasteiger partial charge in [0.2, 0.25) is 0 Å². The standard InChI is InChI=1S/C12H7BrFNO3/c13-8-1-6-11(14)12(7-8)18-10-4-2-9(3-5-10)15(16)17/h1-7H. The fourth-order valence-electron chi connectivity index (χ4n) is 1.32. The number of nitro groups is 1. The van der Waals surface area contributed by atoms with E-state index in [1.807, 2.05) is 0 Å². The molecule has 0 N–H and O–H groups in total. The van der Waals surface area contributed by atoms with Gasteiger partial charge < -0.3 is 4.74 Å².